The van der Waals surface area contributed by atoms with E-state index >= 15 is 0 Å². The highest BCUT2D eigenvalue weighted by Gasteiger charge is 2.55. The third-order valence-electron chi connectivity index (χ3n) is 6.98. The van der Waals surface area contributed by atoms with Crippen LogP contribution in [0.5, 0.6) is 0 Å². The zero-order valence-electron chi connectivity index (χ0n) is 21.6. The number of anilines is 1. The van der Waals surface area contributed by atoms with Gasteiger partial charge in [-0.15, -0.1) is 0 Å². The first-order chi connectivity index (χ1) is 16.9. The van der Waals surface area contributed by atoms with Gasteiger partial charge in [-0.2, -0.15) is 15.5 Å². The van der Waals surface area contributed by atoms with E-state index in [4.69, 9.17) is 15.6 Å². The maximum absolute atomic E-state index is 12.3. The SMILES string of the molecule is Cc1cc(C)cc(Cn2cc(-c3nn(C4CC5(C4)CN(C(=O)OC(C)(C)C)C5)c(N)c3C#N)cn2)c1. The Labute approximate surface area is 211 Å². The van der Waals surface area contributed by atoms with Crippen molar-refractivity contribution in [2.75, 3.05) is 18.8 Å². The fourth-order valence-corrected chi connectivity index (χ4v) is 5.55. The molecule has 2 aliphatic rings. The summed E-state index contributed by atoms with van der Waals surface area (Å²) >= 11 is 0. The molecule has 2 N–H and O–H groups in total. The fourth-order valence-electron chi connectivity index (χ4n) is 5.55. The smallest absolute Gasteiger partial charge is 0.410 e. The Kier molecular flexibility index (Phi) is 5.58. The highest BCUT2D eigenvalue weighted by atomic mass is 16.6. The molecule has 3 aromatic rings. The number of hydrogen-bond donors (Lipinski definition) is 1. The Balaban J connectivity index is 1.28. The molecule has 2 fully saturated rings. The van der Waals surface area contributed by atoms with Crippen molar-refractivity contribution in [1.82, 2.24) is 24.5 Å². The van der Waals surface area contributed by atoms with Gasteiger partial charge in [-0.05, 0) is 53.0 Å². The van der Waals surface area contributed by atoms with Gasteiger partial charge in [0.25, 0.3) is 0 Å². The maximum Gasteiger partial charge on any atom is 0.410 e. The van der Waals surface area contributed by atoms with Crippen LogP contribution in [0.4, 0.5) is 10.6 Å². The summed E-state index contributed by atoms with van der Waals surface area (Å²) in [6.45, 7) is 11.8. The van der Waals surface area contributed by atoms with Crippen molar-refractivity contribution in [2.45, 2.75) is 65.6 Å². The molecule has 1 saturated carbocycles. The molecule has 9 nitrogen and oxygen atoms in total. The fraction of sp³-hybridized carbons (Fsp3) is 0.481. The summed E-state index contributed by atoms with van der Waals surface area (Å²) in [6.07, 6.45) is 5.13. The zero-order valence-corrected chi connectivity index (χ0v) is 21.6. The molecular weight excluding hydrogens is 454 g/mol. The van der Waals surface area contributed by atoms with E-state index in [0.29, 0.717) is 36.7 Å². The Hall–Kier alpha value is -3.80. The number of nitrogens with zero attached hydrogens (tertiary/aromatic N) is 6. The Morgan fingerprint density at radius 1 is 1.22 bits per heavy atom. The molecule has 3 heterocycles. The molecule has 1 aliphatic carbocycles. The molecule has 2 aromatic heterocycles. The van der Waals surface area contributed by atoms with Crippen LogP contribution in [-0.2, 0) is 11.3 Å². The van der Waals surface area contributed by atoms with E-state index < -0.39 is 5.60 Å². The minimum atomic E-state index is -0.498. The predicted octanol–water partition coefficient (Wildman–Crippen LogP) is 4.44. The Bertz CT molecular complexity index is 1340. The molecule has 1 spiro atoms. The van der Waals surface area contributed by atoms with Crippen molar-refractivity contribution < 1.29 is 9.53 Å². The number of amides is 1. The molecule has 1 amide bonds. The van der Waals surface area contributed by atoms with Crippen molar-refractivity contribution in [3.05, 3.63) is 52.8 Å². The van der Waals surface area contributed by atoms with Gasteiger partial charge in [-0.25, -0.2) is 9.48 Å². The van der Waals surface area contributed by atoms with Gasteiger partial charge in [-0.3, -0.25) is 4.68 Å². The van der Waals surface area contributed by atoms with Gasteiger partial charge in [0.1, 0.15) is 28.7 Å². The van der Waals surface area contributed by atoms with Crippen molar-refractivity contribution in [2.24, 2.45) is 5.41 Å². The number of benzene rings is 1. The summed E-state index contributed by atoms with van der Waals surface area (Å²) in [7, 11) is 0. The number of rotatable bonds is 4. The second-order valence-corrected chi connectivity index (χ2v) is 11.5. The zero-order chi connectivity index (χ0) is 25.8. The van der Waals surface area contributed by atoms with Crippen LogP contribution >= 0.6 is 0 Å². The summed E-state index contributed by atoms with van der Waals surface area (Å²) in [5.41, 5.74) is 11.3. The van der Waals surface area contributed by atoms with Crippen molar-refractivity contribution in [3.63, 3.8) is 0 Å². The van der Waals surface area contributed by atoms with Gasteiger partial charge >= 0.3 is 6.09 Å². The van der Waals surface area contributed by atoms with Crippen molar-refractivity contribution in [1.29, 1.82) is 5.26 Å². The Morgan fingerprint density at radius 3 is 2.50 bits per heavy atom. The van der Waals surface area contributed by atoms with Crippen LogP contribution in [0.3, 0.4) is 0 Å². The molecule has 1 aliphatic heterocycles. The second kappa shape index (κ2) is 8.40. The average Bonchev–Trinajstić information content (AvgIpc) is 3.28. The summed E-state index contributed by atoms with van der Waals surface area (Å²) in [4.78, 5) is 14.0. The maximum atomic E-state index is 12.3. The summed E-state index contributed by atoms with van der Waals surface area (Å²) < 4.78 is 9.12. The number of nitrogen functional groups attached to an aromatic ring is 1. The van der Waals surface area contributed by atoms with E-state index in [2.05, 4.69) is 43.2 Å². The first-order valence-electron chi connectivity index (χ1n) is 12.3. The third kappa shape index (κ3) is 4.43. The number of nitrogens with two attached hydrogens (primary N) is 1. The quantitative estimate of drug-likeness (QED) is 0.582. The van der Waals surface area contributed by atoms with E-state index in [9.17, 15) is 10.1 Å². The molecule has 0 atom stereocenters. The lowest BCUT2D eigenvalue weighted by Gasteiger charge is -2.58. The van der Waals surface area contributed by atoms with Crippen LogP contribution < -0.4 is 5.73 Å². The van der Waals surface area contributed by atoms with Gasteiger partial charge in [0.15, 0.2) is 0 Å². The molecule has 36 heavy (non-hydrogen) atoms. The molecule has 0 bridgehead atoms. The van der Waals surface area contributed by atoms with E-state index in [0.717, 1.165) is 18.4 Å². The highest BCUT2D eigenvalue weighted by Crippen LogP contribution is 2.55. The average molecular weight is 488 g/mol. The van der Waals surface area contributed by atoms with Crippen LogP contribution in [0, 0.1) is 30.6 Å². The number of likely N-dealkylation sites (tertiary alicyclic amines) is 1. The molecule has 0 radical (unpaired) electrons. The molecule has 9 heteroatoms. The van der Waals surface area contributed by atoms with Gasteiger partial charge < -0.3 is 15.4 Å². The minimum absolute atomic E-state index is 0.0871. The lowest BCUT2D eigenvalue weighted by atomic mass is 9.61. The van der Waals surface area contributed by atoms with Gasteiger partial charge in [0, 0.05) is 30.3 Å². The number of ether oxygens (including phenoxy) is 1. The van der Waals surface area contributed by atoms with E-state index in [1.54, 1.807) is 15.8 Å². The van der Waals surface area contributed by atoms with E-state index in [-0.39, 0.29) is 17.6 Å². The number of carbonyl (C=O) groups excluding carboxylic acids is 1. The van der Waals surface area contributed by atoms with Crippen LogP contribution in [0.2, 0.25) is 0 Å². The van der Waals surface area contributed by atoms with Gasteiger partial charge in [0.05, 0.1) is 18.8 Å². The third-order valence-corrected chi connectivity index (χ3v) is 6.98. The summed E-state index contributed by atoms with van der Waals surface area (Å²) in [5.74, 6) is 0.387. The first-order valence-corrected chi connectivity index (χ1v) is 12.3. The highest BCUT2D eigenvalue weighted by molar-refractivity contribution is 5.72. The van der Waals surface area contributed by atoms with E-state index in [1.807, 2.05) is 31.6 Å². The largest absolute Gasteiger partial charge is 0.444 e. The van der Waals surface area contributed by atoms with Crippen LogP contribution in [0.1, 0.15) is 61.9 Å². The second-order valence-electron chi connectivity index (χ2n) is 11.5. The molecule has 188 valence electrons. The number of hydrogen-bond acceptors (Lipinski definition) is 6. The van der Waals surface area contributed by atoms with Crippen LogP contribution in [0.25, 0.3) is 11.3 Å². The van der Waals surface area contributed by atoms with E-state index in [1.165, 1.54) is 16.7 Å². The normalized spacial score (nSPS) is 16.9. The van der Waals surface area contributed by atoms with Crippen molar-refractivity contribution in [3.8, 4) is 17.3 Å². The Morgan fingerprint density at radius 2 is 1.89 bits per heavy atom. The molecule has 1 saturated heterocycles. The topological polar surface area (TPSA) is 115 Å². The first kappa shape index (κ1) is 23.9. The number of aromatic nitrogens is 4. The van der Waals surface area contributed by atoms with Gasteiger partial charge in [-0.1, -0.05) is 29.3 Å². The standard InChI is InChI=1S/C27H33N7O2/c1-17-6-18(2)8-19(7-17)13-33-14-20(12-30-33)23-22(11-28)24(29)34(31-23)21-9-27(10-21)15-32(16-27)25(35)36-26(3,4)5/h6-8,12,14,21H,9-10,13,15-16,29H2,1-5H3. The lowest BCUT2D eigenvalue weighted by Crippen LogP contribution is -2.64. The summed E-state index contributed by atoms with van der Waals surface area (Å²) in [6, 6.07) is 8.80. The monoisotopic (exact) mass is 487 g/mol. The van der Waals surface area contributed by atoms with Crippen molar-refractivity contribution >= 4 is 11.9 Å². The summed E-state index contributed by atoms with van der Waals surface area (Å²) in [5, 5.41) is 19.1. The molecular formula is C27H33N7O2. The molecule has 5 rings (SSSR count). The predicted molar refractivity (Wildman–Crippen MR) is 136 cm³/mol. The van der Waals surface area contributed by atoms with Crippen LogP contribution in [-0.4, -0.2) is 49.2 Å². The molecule has 0 unspecified atom stereocenters. The lowest BCUT2D eigenvalue weighted by molar-refractivity contribution is -0.0923. The number of carbonyl (C=O) groups is 1. The van der Waals surface area contributed by atoms with Gasteiger partial charge in [0.2, 0.25) is 0 Å². The van der Waals surface area contributed by atoms with Crippen LogP contribution in [0.15, 0.2) is 30.6 Å². The number of nitriles is 1. The minimum Gasteiger partial charge on any atom is -0.444 e. The number of aryl methyl sites for hydroxylation is 2. The molecule has 1 aromatic carbocycles.